The average molecular weight is 541 g/mol. The number of benzene rings is 2. The van der Waals surface area contributed by atoms with Crippen LogP contribution in [0.5, 0.6) is 5.75 Å². The van der Waals surface area contributed by atoms with Gasteiger partial charge in [-0.05, 0) is 37.1 Å². The van der Waals surface area contributed by atoms with E-state index in [1.165, 1.54) is 25.3 Å². The molecule has 0 fully saturated rings. The summed E-state index contributed by atoms with van der Waals surface area (Å²) in [6, 6.07) is 13.0. The van der Waals surface area contributed by atoms with Gasteiger partial charge in [0, 0.05) is 42.3 Å². The quantitative estimate of drug-likeness (QED) is 0.234. The van der Waals surface area contributed by atoms with E-state index in [0.29, 0.717) is 35.6 Å². The first-order chi connectivity index (χ1) is 18.7. The van der Waals surface area contributed by atoms with E-state index in [2.05, 4.69) is 4.99 Å². The lowest BCUT2D eigenvalue weighted by atomic mass is 9.75. The molecule has 2 N–H and O–H groups in total. The number of aliphatic imine (C=N–C) groups is 1. The number of non-ortho nitro benzene ring substituents is 1. The van der Waals surface area contributed by atoms with E-state index in [0.717, 1.165) is 5.56 Å². The topological polar surface area (TPSA) is 158 Å². The number of allylic oxidation sites excluding steroid dienone is 1. The zero-order valence-electron chi connectivity index (χ0n) is 22.0. The fourth-order valence-corrected chi connectivity index (χ4v) is 4.42. The molecule has 1 heterocycles. The van der Waals surface area contributed by atoms with E-state index in [-0.39, 0.29) is 31.1 Å². The second-order valence-corrected chi connectivity index (χ2v) is 9.09. The molecule has 2 aromatic rings. The molecule has 0 bridgehead atoms. The van der Waals surface area contributed by atoms with Crippen molar-refractivity contribution in [2.75, 3.05) is 26.9 Å². The number of rotatable bonds is 12. The van der Waals surface area contributed by atoms with Crippen LogP contribution in [0.3, 0.4) is 0 Å². The fraction of sp³-hybridized carbons (Fsp3) is 0.393. The third-order valence-electron chi connectivity index (χ3n) is 6.42. The Morgan fingerprint density at radius 1 is 1.13 bits per heavy atom. The van der Waals surface area contributed by atoms with Gasteiger partial charge >= 0.3 is 11.9 Å². The van der Waals surface area contributed by atoms with Crippen LogP contribution < -0.4 is 4.74 Å². The van der Waals surface area contributed by atoms with Crippen molar-refractivity contribution >= 4 is 23.3 Å². The minimum absolute atomic E-state index is 0.0474. The van der Waals surface area contributed by atoms with E-state index >= 15 is 0 Å². The third-order valence-corrected chi connectivity index (χ3v) is 6.42. The van der Waals surface area contributed by atoms with Crippen LogP contribution >= 0.6 is 0 Å². The van der Waals surface area contributed by atoms with Crippen molar-refractivity contribution in [3.63, 3.8) is 0 Å². The minimum atomic E-state index is -0.950. The van der Waals surface area contributed by atoms with Gasteiger partial charge < -0.3 is 24.4 Å². The minimum Gasteiger partial charge on any atom is -0.493 e. The molecule has 0 aromatic heterocycles. The van der Waals surface area contributed by atoms with E-state index < -0.39 is 34.8 Å². The van der Waals surface area contributed by atoms with Crippen molar-refractivity contribution in [1.29, 1.82) is 0 Å². The SMILES string of the molecule is COC(=O)C1C(C)=NC(C)=C(C(=O)OCCc2ccc(OCCC(O)CO)cc2)C1c1cccc([N+](=O)[O-])c1. The predicted octanol–water partition coefficient (Wildman–Crippen LogP) is 3.12. The molecule has 2 aromatic carbocycles. The van der Waals surface area contributed by atoms with Crippen LogP contribution in [0, 0.1) is 16.0 Å². The standard InChI is InChI=1S/C28H32N2O9/c1-17-24(27(33)37-3)26(20-5-4-6-21(15-20)30(35)36)25(18(2)29-17)28(34)39-13-11-19-7-9-23(10-8-19)38-14-12-22(32)16-31/h4-10,15,22,24,26,31-32H,11-14,16H2,1-3H3. The second kappa shape index (κ2) is 13.6. The molecule has 39 heavy (non-hydrogen) atoms. The third kappa shape index (κ3) is 7.49. The summed E-state index contributed by atoms with van der Waals surface area (Å²) in [6.07, 6.45) is -0.108. The van der Waals surface area contributed by atoms with Gasteiger partial charge in [-0.15, -0.1) is 0 Å². The molecule has 3 atom stereocenters. The largest absolute Gasteiger partial charge is 0.493 e. The lowest BCUT2D eigenvalue weighted by Crippen LogP contribution is -2.36. The maximum atomic E-state index is 13.3. The molecule has 0 aliphatic carbocycles. The van der Waals surface area contributed by atoms with Crippen molar-refractivity contribution in [2.24, 2.45) is 10.9 Å². The highest BCUT2D eigenvalue weighted by Crippen LogP contribution is 2.41. The number of carbonyl (C=O) groups is 2. The molecular weight excluding hydrogens is 508 g/mol. The summed E-state index contributed by atoms with van der Waals surface area (Å²) in [5, 5.41) is 29.6. The molecule has 1 aliphatic heterocycles. The van der Waals surface area contributed by atoms with Gasteiger partial charge in [-0.3, -0.25) is 19.9 Å². The zero-order valence-corrected chi connectivity index (χ0v) is 22.0. The van der Waals surface area contributed by atoms with E-state index in [4.69, 9.17) is 19.3 Å². The molecule has 11 heteroatoms. The van der Waals surface area contributed by atoms with Gasteiger partial charge in [0.05, 0.1) is 43.5 Å². The summed E-state index contributed by atoms with van der Waals surface area (Å²) in [4.78, 5) is 41.3. The van der Waals surface area contributed by atoms with Crippen LogP contribution in [-0.4, -0.2) is 65.8 Å². The molecule has 1 aliphatic rings. The number of carbonyl (C=O) groups excluding carboxylic acids is 2. The molecule has 0 spiro atoms. The molecule has 208 valence electrons. The molecule has 3 unspecified atom stereocenters. The van der Waals surface area contributed by atoms with Crippen molar-refractivity contribution in [1.82, 2.24) is 0 Å². The number of methoxy groups -OCH3 is 1. The molecule has 3 rings (SSSR count). The highest BCUT2D eigenvalue weighted by atomic mass is 16.6. The number of nitrogens with zero attached hydrogens (tertiary/aromatic N) is 2. The van der Waals surface area contributed by atoms with Crippen LogP contribution in [0.15, 0.2) is 64.8 Å². The Bertz CT molecular complexity index is 1250. The first-order valence-corrected chi connectivity index (χ1v) is 12.4. The Morgan fingerprint density at radius 2 is 1.85 bits per heavy atom. The molecule has 0 saturated carbocycles. The zero-order chi connectivity index (χ0) is 28.5. The smallest absolute Gasteiger partial charge is 0.336 e. The van der Waals surface area contributed by atoms with Gasteiger partial charge in [0.2, 0.25) is 0 Å². The number of ether oxygens (including phenoxy) is 3. The van der Waals surface area contributed by atoms with Gasteiger partial charge in [0.25, 0.3) is 5.69 Å². The van der Waals surface area contributed by atoms with Crippen molar-refractivity contribution in [3.8, 4) is 5.75 Å². The van der Waals surface area contributed by atoms with Crippen LogP contribution in [0.4, 0.5) is 5.69 Å². The summed E-state index contributed by atoms with van der Waals surface area (Å²) >= 11 is 0. The molecule has 0 radical (unpaired) electrons. The molecule has 11 nitrogen and oxygen atoms in total. The normalized spacial score (nSPS) is 17.7. The Hall–Kier alpha value is -4.09. The van der Waals surface area contributed by atoms with Crippen molar-refractivity contribution in [2.45, 2.75) is 38.7 Å². The first kappa shape index (κ1) is 29.5. The van der Waals surface area contributed by atoms with Crippen molar-refractivity contribution < 1.29 is 38.9 Å². The van der Waals surface area contributed by atoms with E-state index in [1.807, 2.05) is 12.1 Å². The second-order valence-electron chi connectivity index (χ2n) is 9.09. The van der Waals surface area contributed by atoms with Crippen LogP contribution in [-0.2, 0) is 25.5 Å². The molecule has 0 amide bonds. The molecular formula is C28H32N2O9. The first-order valence-electron chi connectivity index (χ1n) is 12.4. The van der Waals surface area contributed by atoms with Gasteiger partial charge in [0.15, 0.2) is 0 Å². The summed E-state index contributed by atoms with van der Waals surface area (Å²) in [5.41, 5.74) is 2.06. The predicted molar refractivity (Wildman–Crippen MR) is 141 cm³/mol. The van der Waals surface area contributed by atoms with Crippen LogP contribution in [0.1, 0.15) is 37.3 Å². The maximum absolute atomic E-state index is 13.3. The van der Waals surface area contributed by atoms with E-state index in [1.54, 1.807) is 32.0 Å². The number of nitro benzene ring substituents is 1. The summed E-state index contributed by atoms with van der Waals surface area (Å²) < 4.78 is 16.1. The Labute approximate surface area is 225 Å². The van der Waals surface area contributed by atoms with Crippen molar-refractivity contribution in [3.05, 3.63) is 81.0 Å². The summed E-state index contributed by atoms with van der Waals surface area (Å²) in [6.45, 7) is 3.27. The monoisotopic (exact) mass is 540 g/mol. The average Bonchev–Trinajstić information content (AvgIpc) is 2.92. The Balaban J connectivity index is 1.75. The number of aliphatic hydroxyl groups is 2. The number of nitro groups is 1. The number of aliphatic hydroxyl groups excluding tert-OH is 2. The van der Waals surface area contributed by atoms with Gasteiger partial charge in [-0.25, -0.2) is 4.79 Å². The van der Waals surface area contributed by atoms with Crippen LogP contribution in [0.2, 0.25) is 0 Å². The Morgan fingerprint density at radius 3 is 2.49 bits per heavy atom. The van der Waals surface area contributed by atoms with Gasteiger partial charge in [-0.2, -0.15) is 0 Å². The fourth-order valence-electron chi connectivity index (χ4n) is 4.42. The van der Waals surface area contributed by atoms with Crippen LogP contribution in [0.25, 0.3) is 0 Å². The summed E-state index contributed by atoms with van der Waals surface area (Å²) in [5.74, 6) is -2.50. The molecule has 0 saturated heterocycles. The maximum Gasteiger partial charge on any atom is 0.336 e. The number of esters is 2. The highest BCUT2D eigenvalue weighted by molar-refractivity contribution is 6.07. The highest BCUT2D eigenvalue weighted by Gasteiger charge is 2.42. The Kier molecular flexibility index (Phi) is 10.3. The van der Waals surface area contributed by atoms with Gasteiger partial charge in [-0.1, -0.05) is 24.3 Å². The number of hydrogen-bond acceptors (Lipinski definition) is 10. The summed E-state index contributed by atoms with van der Waals surface area (Å²) in [7, 11) is 1.23. The lowest BCUT2D eigenvalue weighted by Gasteiger charge is -2.31. The van der Waals surface area contributed by atoms with E-state index in [9.17, 15) is 24.8 Å². The van der Waals surface area contributed by atoms with Gasteiger partial charge in [0.1, 0.15) is 11.7 Å². The number of hydrogen-bond donors (Lipinski definition) is 2. The lowest BCUT2D eigenvalue weighted by molar-refractivity contribution is -0.384.